The molecule has 0 aliphatic carbocycles. The zero-order chi connectivity index (χ0) is 22.7. The highest BCUT2D eigenvalue weighted by atomic mass is 79.9. The van der Waals surface area contributed by atoms with Crippen molar-refractivity contribution in [1.29, 1.82) is 0 Å². The molecule has 0 amide bonds. The number of rotatable bonds is 14. The summed E-state index contributed by atoms with van der Waals surface area (Å²) in [6.45, 7) is 14.6. The number of nitrogens with zero attached hydrogens (tertiary/aromatic N) is 1. The van der Waals surface area contributed by atoms with Crippen LogP contribution >= 0.6 is 15.9 Å². The molecule has 7 heteroatoms. The molecule has 0 radical (unpaired) electrons. The molecular weight excluding hydrogens is 438 g/mol. The smallest absolute Gasteiger partial charge is 0.303 e. The monoisotopic (exact) mass is 473 g/mol. The number of ether oxygens (including phenoxy) is 1. The second kappa shape index (κ2) is 12.8. The Bertz CT molecular complexity index is 627. The molecule has 0 aliphatic heterocycles. The maximum absolute atomic E-state index is 11.2. The number of allylic oxidation sites excluding steroid dienone is 4. The Labute approximate surface area is 183 Å². The zero-order valence-corrected chi connectivity index (χ0v) is 20.2. The lowest BCUT2D eigenvalue weighted by atomic mass is 9.97. The highest BCUT2D eigenvalue weighted by Crippen LogP contribution is 2.27. The molecule has 2 atom stereocenters. The van der Waals surface area contributed by atoms with E-state index in [2.05, 4.69) is 48.5 Å². The summed E-state index contributed by atoms with van der Waals surface area (Å²) >= 11 is 3.51. The molecule has 0 rings (SSSR count). The van der Waals surface area contributed by atoms with Crippen molar-refractivity contribution in [2.45, 2.75) is 96.1 Å². The van der Waals surface area contributed by atoms with E-state index in [-0.39, 0.29) is 10.8 Å². The first-order valence-corrected chi connectivity index (χ1v) is 10.8. The van der Waals surface area contributed by atoms with Gasteiger partial charge in [-0.15, -0.1) is 10.1 Å². The van der Waals surface area contributed by atoms with Gasteiger partial charge >= 0.3 is 5.97 Å². The molecule has 0 saturated carbocycles. The lowest BCUT2D eigenvalue weighted by molar-refractivity contribution is -0.778. The maximum Gasteiger partial charge on any atom is 0.303 e. The standard InChI is InChI=1S/C22H36BrNO5/c1-8-22(7,28-19(4)25)16-10-13-17(2)11-9-12-18(3)14-15-20(23)21(5,6)29-24(26)27/h8,12-13,20H,1,9-11,14-16H2,2-7H3/b17-13+,18-12+. The Morgan fingerprint density at radius 2 is 1.69 bits per heavy atom. The summed E-state index contributed by atoms with van der Waals surface area (Å²) in [4.78, 5) is 26.4. The number of alkyl halides is 1. The van der Waals surface area contributed by atoms with Crippen LogP contribution < -0.4 is 0 Å². The summed E-state index contributed by atoms with van der Waals surface area (Å²) in [6, 6.07) is 0. The van der Waals surface area contributed by atoms with Crippen molar-refractivity contribution < 1.29 is 19.5 Å². The Morgan fingerprint density at radius 3 is 2.21 bits per heavy atom. The SMILES string of the molecule is C=CC(C)(CC/C=C(\C)CC/C=C(\C)CCC(Br)C(C)(C)O[N+](=O)[O-])OC(C)=O. The molecule has 0 aromatic rings. The number of hydrogen-bond acceptors (Lipinski definition) is 5. The van der Waals surface area contributed by atoms with Crippen LogP contribution in [-0.4, -0.2) is 27.1 Å². The van der Waals surface area contributed by atoms with Crippen molar-refractivity contribution >= 4 is 21.9 Å². The van der Waals surface area contributed by atoms with Crippen molar-refractivity contribution in [1.82, 2.24) is 0 Å². The van der Waals surface area contributed by atoms with Gasteiger partial charge in [0.15, 0.2) is 0 Å². The van der Waals surface area contributed by atoms with E-state index in [1.54, 1.807) is 19.9 Å². The summed E-state index contributed by atoms with van der Waals surface area (Å²) in [5.41, 5.74) is 1.06. The van der Waals surface area contributed by atoms with E-state index in [4.69, 9.17) is 9.57 Å². The Morgan fingerprint density at radius 1 is 1.14 bits per heavy atom. The molecule has 166 valence electrons. The molecule has 2 unspecified atom stereocenters. The van der Waals surface area contributed by atoms with E-state index < -0.39 is 16.3 Å². The first-order chi connectivity index (χ1) is 13.3. The number of esters is 1. The van der Waals surface area contributed by atoms with E-state index in [0.29, 0.717) is 6.42 Å². The van der Waals surface area contributed by atoms with Crippen molar-refractivity contribution in [3.63, 3.8) is 0 Å². The molecule has 0 bridgehead atoms. The van der Waals surface area contributed by atoms with Gasteiger partial charge in [0, 0.05) is 11.8 Å². The molecule has 29 heavy (non-hydrogen) atoms. The second-order valence-electron chi connectivity index (χ2n) is 8.21. The fraction of sp³-hybridized carbons (Fsp3) is 0.682. The predicted molar refractivity (Wildman–Crippen MR) is 120 cm³/mol. The first-order valence-electron chi connectivity index (χ1n) is 9.93. The van der Waals surface area contributed by atoms with Crippen molar-refractivity contribution in [2.24, 2.45) is 0 Å². The molecular formula is C22H36BrNO5. The third-order valence-electron chi connectivity index (χ3n) is 4.83. The van der Waals surface area contributed by atoms with E-state index in [0.717, 1.165) is 32.1 Å². The van der Waals surface area contributed by atoms with Gasteiger partial charge in [0.25, 0.3) is 5.09 Å². The average Bonchev–Trinajstić information content (AvgIpc) is 2.57. The number of halogens is 1. The van der Waals surface area contributed by atoms with Crippen LogP contribution in [0.25, 0.3) is 0 Å². The van der Waals surface area contributed by atoms with E-state index >= 15 is 0 Å². The molecule has 0 aromatic carbocycles. The molecule has 0 spiro atoms. The van der Waals surface area contributed by atoms with Crippen LogP contribution in [0.3, 0.4) is 0 Å². The largest absolute Gasteiger partial charge is 0.455 e. The van der Waals surface area contributed by atoms with E-state index in [1.807, 2.05) is 6.92 Å². The van der Waals surface area contributed by atoms with Gasteiger partial charge in [-0.05, 0) is 79.2 Å². The predicted octanol–water partition coefficient (Wildman–Crippen LogP) is 6.48. The molecule has 0 aliphatic rings. The number of hydrogen-bond donors (Lipinski definition) is 0. The average molecular weight is 474 g/mol. The van der Waals surface area contributed by atoms with Crippen LogP contribution in [0.5, 0.6) is 0 Å². The van der Waals surface area contributed by atoms with Crippen LogP contribution in [0.1, 0.15) is 80.1 Å². The molecule has 0 heterocycles. The summed E-state index contributed by atoms with van der Waals surface area (Å²) in [6.07, 6.45) is 11.1. The highest BCUT2D eigenvalue weighted by molar-refractivity contribution is 9.09. The minimum Gasteiger partial charge on any atom is -0.455 e. The molecule has 0 fully saturated rings. The Hall–Kier alpha value is -1.63. The highest BCUT2D eigenvalue weighted by Gasteiger charge is 2.31. The van der Waals surface area contributed by atoms with Crippen LogP contribution in [0.2, 0.25) is 0 Å². The van der Waals surface area contributed by atoms with Gasteiger partial charge in [0.05, 0.1) is 0 Å². The third kappa shape index (κ3) is 12.5. The van der Waals surface area contributed by atoms with Gasteiger partial charge in [-0.3, -0.25) is 4.79 Å². The van der Waals surface area contributed by atoms with Crippen LogP contribution in [0.15, 0.2) is 36.0 Å². The minimum absolute atomic E-state index is 0.109. The van der Waals surface area contributed by atoms with E-state index in [1.165, 1.54) is 18.1 Å². The molecule has 0 saturated heterocycles. The summed E-state index contributed by atoms with van der Waals surface area (Å²) in [5, 5.41) is 9.84. The lowest BCUT2D eigenvalue weighted by Gasteiger charge is -2.27. The maximum atomic E-state index is 11.2. The number of carbonyl (C=O) groups excluding carboxylic acids is 1. The van der Waals surface area contributed by atoms with E-state index in [9.17, 15) is 14.9 Å². The Kier molecular flexibility index (Phi) is 12.1. The molecule has 6 nitrogen and oxygen atoms in total. The first kappa shape index (κ1) is 27.4. The van der Waals surface area contributed by atoms with Crippen molar-refractivity contribution in [3.8, 4) is 0 Å². The van der Waals surface area contributed by atoms with Gasteiger partial charge < -0.3 is 9.57 Å². The molecule has 0 aromatic heterocycles. The van der Waals surface area contributed by atoms with Crippen LogP contribution in [0.4, 0.5) is 0 Å². The summed E-state index contributed by atoms with van der Waals surface area (Å²) in [7, 11) is 0. The van der Waals surface area contributed by atoms with Gasteiger partial charge in [0.1, 0.15) is 11.2 Å². The quantitative estimate of drug-likeness (QED) is 0.0947. The topological polar surface area (TPSA) is 78.7 Å². The minimum atomic E-state index is -0.866. The third-order valence-corrected chi connectivity index (χ3v) is 6.39. The van der Waals surface area contributed by atoms with Gasteiger partial charge in [-0.2, -0.15) is 0 Å². The molecule has 0 N–H and O–H groups in total. The zero-order valence-electron chi connectivity index (χ0n) is 18.6. The van der Waals surface area contributed by atoms with Crippen molar-refractivity contribution in [3.05, 3.63) is 46.1 Å². The second-order valence-corrected chi connectivity index (χ2v) is 9.32. The summed E-state index contributed by atoms with van der Waals surface area (Å²) in [5.74, 6) is -0.298. The fourth-order valence-corrected chi connectivity index (χ4v) is 3.14. The Balaban J connectivity index is 4.38. The van der Waals surface area contributed by atoms with Crippen molar-refractivity contribution in [2.75, 3.05) is 0 Å². The van der Waals surface area contributed by atoms with Crippen LogP contribution in [-0.2, 0) is 14.4 Å². The van der Waals surface area contributed by atoms with Gasteiger partial charge in [0.2, 0.25) is 0 Å². The fourth-order valence-electron chi connectivity index (χ4n) is 2.83. The van der Waals surface area contributed by atoms with Gasteiger partial charge in [-0.25, -0.2) is 0 Å². The normalized spacial score (nSPS) is 16.0. The van der Waals surface area contributed by atoms with Crippen LogP contribution in [0, 0.1) is 10.1 Å². The number of carbonyl (C=O) groups is 1. The lowest BCUT2D eigenvalue weighted by Crippen LogP contribution is -2.37. The summed E-state index contributed by atoms with van der Waals surface area (Å²) < 4.78 is 5.33. The van der Waals surface area contributed by atoms with Gasteiger partial charge in [-0.1, -0.05) is 45.8 Å².